The maximum Gasteiger partial charge on any atom is 0.242 e. The van der Waals surface area contributed by atoms with Crippen molar-refractivity contribution in [3.63, 3.8) is 0 Å². The molecule has 1 aliphatic carbocycles. The Kier molecular flexibility index (Phi) is 5.18. The van der Waals surface area contributed by atoms with E-state index in [1.54, 1.807) is 20.2 Å². The fourth-order valence-electron chi connectivity index (χ4n) is 2.60. The molecule has 1 aromatic rings. The molecule has 20 heavy (non-hydrogen) atoms. The van der Waals surface area contributed by atoms with Gasteiger partial charge in [0.15, 0.2) is 0 Å². The molecule has 0 fully saturated rings. The van der Waals surface area contributed by atoms with Crippen LogP contribution in [-0.2, 0) is 27.6 Å². The summed E-state index contributed by atoms with van der Waals surface area (Å²) in [4.78, 5) is 0.415. The molecule has 0 saturated carbocycles. The van der Waals surface area contributed by atoms with Crippen LogP contribution in [0.4, 0.5) is 0 Å². The summed E-state index contributed by atoms with van der Waals surface area (Å²) in [6.45, 7) is 1.05. The van der Waals surface area contributed by atoms with E-state index in [0.717, 1.165) is 19.3 Å². The number of methoxy groups -OCH3 is 1. The molecule has 0 heterocycles. The molecule has 1 aliphatic rings. The highest BCUT2D eigenvalue weighted by molar-refractivity contribution is 7.89. The van der Waals surface area contributed by atoms with Gasteiger partial charge in [0.1, 0.15) is 0 Å². The van der Waals surface area contributed by atoms with Gasteiger partial charge in [0.2, 0.25) is 10.0 Å². The second-order valence-electron chi connectivity index (χ2n) is 5.31. The average Bonchev–Trinajstić information content (AvgIpc) is 2.46. The molecule has 5 heteroatoms. The molecule has 0 unspecified atom stereocenters. The summed E-state index contributed by atoms with van der Waals surface area (Å²) in [5.41, 5.74) is 2.50. The molecule has 0 radical (unpaired) electrons. The van der Waals surface area contributed by atoms with E-state index in [4.69, 9.17) is 4.74 Å². The van der Waals surface area contributed by atoms with Crippen LogP contribution in [0.3, 0.4) is 0 Å². The number of sulfonamides is 1. The van der Waals surface area contributed by atoms with E-state index in [9.17, 15) is 8.42 Å². The van der Waals surface area contributed by atoms with E-state index in [1.165, 1.54) is 21.9 Å². The standard InChI is InChI=1S/C15H23NO3S/c1-16(10-5-11-19-2)20(17,18)15-9-8-13-6-3-4-7-14(13)12-15/h8-9,12H,3-7,10-11H2,1-2H3. The van der Waals surface area contributed by atoms with Gasteiger partial charge < -0.3 is 4.74 Å². The van der Waals surface area contributed by atoms with E-state index < -0.39 is 10.0 Å². The van der Waals surface area contributed by atoms with E-state index in [1.807, 2.05) is 12.1 Å². The van der Waals surface area contributed by atoms with Gasteiger partial charge in [0.05, 0.1) is 4.90 Å². The minimum absolute atomic E-state index is 0.415. The first-order valence-electron chi connectivity index (χ1n) is 7.13. The summed E-state index contributed by atoms with van der Waals surface area (Å²) in [7, 11) is -0.123. The minimum atomic E-state index is -3.38. The van der Waals surface area contributed by atoms with Crippen molar-refractivity contribution in [3.05, 3.63) is 29.3 Å². The molecule has 0 spiro atoms. The quantitative estimate of drug-likeness (QED) is 0.756. The normalized spacial score (nSPS) is 15.3. The smallest absolute Gasteiger partial charge is 0.242 e. The molecular formula is C15H23NO3S. The summed E-state index contributed by atoms with van der Waals surface area (Å²) in [5, 5.41) is 0. The summed E-state index contributed by atoms with van der Waals surface area (Å²) in [5.74, 6) is 0. The van der Waals surface area contributed by atoms with Crippen LogP contribution in [0.2, 0.25) is 0 Å². The Bertz CT molecular complexity index is 554. The zero-order valence-electron chi connectivity index (χ0n) is 12.3. The van der Waals surface area contributed by atoms with Crippen molar-refractivity contribution in [3.8, 4) is 0 Å². The van der Waals surface area contributed by atoms with Crippen LogP contribution in [0.5, 0.6) is 0 Å². The number of rotatable bonds is 6. The monoisotopic (exact) mass is 297 g/mol. The number of ether oxygens (including phenoxy) is 1. The van der Waals surface area contributed by atoms with Gasteiger partial charge in [0, 0.05) is 27.3 Å². The highest BCUT2D eigenvalue weighted by Gasteiger charge is 2.22. The highest BCUT2D eigenvalue weighted by atomic mass is 32.2. The van der Waals surface area contributed by atoms with Crippen molar-refractivity contribution in [2.75, 3.05) is 27.3 Å². The first-order valence-corrected chi connectivity index (χ1v) is 8.57. The number of benzene rings is 1. The van der Waals surface area contributed by atoms with Crippen molar-refractivity contribution in [1.29, 1.82) is 0 Å². The minimum Gasteiger partial charge on any atom is -0.385 e. The molecule has 0 bridgehead atoms. The van der Waals surface area contributed by atoms with Gasteiger partial charge in [-0.15, -0.1) is 0 Å². The molecule has 0 amide bonds. The fourth-order valence-corrected chi connectivity index (χ4v) is 3.86. The SMILES string of the molecule is COCCCN(C)S(=O)(=O)c1ccc2c(c1)CCCC2. The Morgan fingerprint density at radius 2 is 1.90 bits per heavy atom. The number of hydrogen-bond acceptors (Lipinski definition) is 3. The Balaban J connectivity index is 2.16. The molecular weight excluding hydrogens is 274 g/mol. The third kappa shape index (κ3) is 3.40. The lowest BCUT2D eigenvalue weighted by Gasteiger charge is -2.20. The molecule has 0 aliphatic heterocycles. The van der Waals surface area contributed by atoms with Crippen LogP contribution in [0.15, 0.2) is 23.1 Å². The molecule has 0 N–H and O–H groups in total. The van der Waals surface area contributed by atoms with Crippen molar-refractivity contribution < 1.29 is 13.2 Å². The van der Waals surface area contributed by atoms with Gasteiger partial charge in [-0.25, -0.2) is 12.7 Å². The lowest BCUT2D eigenvalue weighted by molar-refractivity contribution is 0.189. The largest absolute Gasteiger partial charge is 0.385 e. The van der Waals surface area contributed by atoms with Crippen LogP contribution in [0.25, 0.3) is 0 Å². The molecule has 2 rings (SSSR count). The number of aryl methyl sites for hydroxylation is 2. The zero-order chi connectivity index (χ0) is 14.6. The second kappa shape index (κ2) is 6.70. The first-order chi connectivity index (χ1) is 9.55. The van der Waals surface area contributed by atoms with Crippen molar-refractivity contribution in [1.82, 2.24) is 4.31 Å². The van der Waals surface area contributed by atoms with Gasteiger partial charge in [-0.2, -0.15) is 0 Å². The average molecular weight is 297 g/mol. The third-order valence-corrected chi connectivity index (χ3v) is 5.70. The number of nitrogens with zero attached hydrogens (tertiary/aromatic N) is 1. The number of hydrogen-bond donors (Lipinski definition) is 0. The molecule has 0 atom stereocenters. The summed E-state index contributed by atoms with van der Waals surface area (Å²) >= 11 is 0. The molecule has 0 saturated heterocycles. The van der Waals surface area contributed by atoms with Gasteiger partial charge in [0.25, 0.3) is 0 Å². The lowest BCUT2D eigenvalue weighted by atomic mass is 9.92. The van der Waals surface area contributed by atoms with E-state index >= 15 is 0 Å². The van der Waals surface area contributed by atoms with Gasteiger partial charge in [-0.05, 0) is 55.4 Å². The summed E-state index contributed by atoms with van der Waals surface area (Å²) in [6.07, 6.45) is 5.12. The van der Waals surface area contributed by atoms with Crippen LogP contribution >= 0.6 is 0 Å². The molecule has 112 valence electrons. The van der Waals surface area contributed by atoms with E-state index in [2.05, 4.69) is 0 Å². The van der Waals surface area contributed by atoms with Crippen LogP contribution in [-0.4, -0.2) is 40.0 Å². The Labute approximate surface area is 121 Å². The fraction of sp³-hybridized carbons (Fsp3) is 0.600. The predicted molar refractivity (Wildman–Crippen MR) is 79.4 cm³/mol. The Morgan fingerprint density at radius 3 is 2.60 bits per heavy atom. The van der Waals surface area contributed by atoms with Crippen molar-refractivity contribution in [2.24, 2.45) is 0 Å². The lowest BCUT2D eigenvalue weighted by Crippen LogP contribution is -2.28. The van der Waals surface area contributed by atoms with Crippen LogP contribution < -0.4 is 0 Å². The van der Waals surface area contributed by atoms with Gasteiger partial charge >= 0.3 is 0 Å². The Hall–Kier alpha value is -0.910. The number of fused-ring (bicyclic) bond motifs is 1. The molecule has 1 aromatic carbocycles. The maximum atomic E-state index is 12.5. The van der Waals surface area contributed by atoms with Crippen molar-refractivity contribution in [2.45, 2.75) is 37.0 Å². The highest BCUT2D eigenvalue weighted by Crippen LogP contribution is 2.25. The first kappa shape index (κ1) is 15.5. The molecule has 0 aromatic heterocycles. The van der Waals surface area contributed by atoms with Gasteiger partial charge in [-0.3, -0.25) is 0 Å². The van der Waals surface area contributed by atoms with Gasteiger partial charge in [-0.1, -0.05) is 6.07 Å². The third-order valence-electron chi connectivity index (χ3n) is 3.85. The second-order valence-corrected chi connectivity index (χ2v) is 7.36. The molecule has 4 nitrogen and oxygen atoms in total. The Morgan fingerprint density at radius 1 is 1.20 bits per heavy atom. The van der Waals surface area contributed by atoms with Crippen molar-refractivity contribution >= 4 is 10.0 Å². The topological polar surface area (TPSA) is 46.6 Å². The van der Waals surface area contributed by atoms with E-state index in [-0.39, 0.29) is 0 Å². The predicted octanol–water partition coefficient (Wildman–Crippen LogP) is 2.22. The van der Waals surface area contributed by atoms with Crippen LogP contribution in [0, 0.1) is 0 Å². The zero-order valence-corrected chi connectivity index (χ0v) is 13.1. The summed E-state index contributed by atoms with van der Waals surface area (Å²) < 4.78 is 31.4. The van der Waals surface area contributed by atoms with E-state index in [0.29, 0.717) is 24.5 Å². The maximum absolute atomic E-state index is 12.5. The van der Waals surface area contributed by atoms with Crippen LogP contribution in [0.1, 0.15) is 30.4 Å². The summed E-state index contributed by atoms with van der Waals surface area (Å²) in [6, 6.07) is 5.58.